The zero-order valence-corrected chi connectivity index (χ0v) is 14.1. The number of likely N-dealkylation sites (N-methyl/N-ethyl adjacent to an activating group) is 1. The molecule has 2 aromatic rings. The average molecular weight is 337 g/mol. The van der Waals surface area contributed by atoms with Gasteiger partial charge in [-0.25, -0.2) is 4.79 Å². The molecule has 25 heavy (non-hydrogen) atoms. The lowest BCUT2D eigenvalue weighted by atomic mass is 10.1. The number of carbonyl (C=O) groups is 2. The van der Waals surface area contributed by atoms with Crippen molar-refractivity contribution in [2.45, 2.75) is 13.0 Å². The Morgan fingerprint density at radius 1 is 1.08 bits per heavy atom. The molecule has 1 aliphatic heterocycles. The molecular weight excluding hydrogens is 318 g/mol. The summed E-state index contributed by atoms with van der Waals surface area (Å²) >= 11 is 0. The number of nitrogens with zero attached hydrogens (tertiary/aromatic N) is 1. The van der Waals surface area contributed by atoms with Gasteiger partial charge in [0, 0.05) is 18.3 Å². The van der Waals surface area contributed by atoms with Crippen molar-refractivity contribution >= 4 is 23.6 Å². The summed E-state index contributed by atoms with van der Waals surface area (Å²) in [5.74, 6) is -0.110. The van der Waals surface area contributed by atoms with Gasteiger partial charge in [0.2, 0.25) is 0 Å². The van der Waals surface area contributed by atoms with Crippen LogP contribution in [0.25, 0.3) is 6.08 Å². The highest BCUT2D eigenvalue weighted by atomic mass is 16.6. The van der Waals surface area contributed by atoms with E-state index in [-0.39, 0.29) is 12.5 Å². The van der Waals surface area contributed by atoms with Gasteiger partial charge in [-0.05, 0) is 31.2 Å². The molecule has 2 aromatic carbocycles. The van der Waals surface area contributed by atoms with Crippen molar-refractivity contribution in [1.29, 1.82) is 0 Å². The quantitative estimate of drug-likeness (QED) is 0.805. The molecule has 128 valence electrons. The van der Waals surface area contributed by atoms with Gasteiger partial charge in [0.05, 0.1) is 5.57 Å². The van der Waals surface area contributed by atoms with Crippen molar-refractivity contribution in [2.75, 3.05) is 18.6 Å². The number of anilines is 1. The third kappa shape index (κ3) is 3.71. The molecule has 1 heterocycles. The van der Waals surface area contributed by atoms with E-state index in [0.717, 1.165) is 17.0 Å². The number of fused-ring (bicyclic) bond motifs is 1. The van der Waals surface area contributed by atoms with E-state index in [4.69, 9.17) is 9.47 Å². The van der Waals surface area contributed by atoms with Gasteiger partial charge in [-0.2, -0.15) is 0 Å². The topological polar surface area (TPSA) is 55.8 Å². The minimum absolute atomic E-state index is 0.130. The predicted molar refractivity (Wildman–Crippen MR) is 95.3 cm³/mol. The molecule has 1 amide bonds. The molecule has 5 nitrogen and oxygen atoms in total. The van der Waals surface area contributed by atoms with Crippen LogP contribution in [0.2, 0.25) is 0 Å². The Morgan fingerprint density at radius 2 is 1.76 bits per heavy atom. The van der Waals surface area contributed by atoms with Gasteiger partial charge >= 0.3 is 5.97 Å². The highest BCUT2D eigenvalue weighted by Gasteiger charge is 2.25. The number of hydrogen-bond acceptors (Lipinski definition) is 4. The van der Waals surface area contributed by atoms with Gasteiger partial charge in [0.15, 0.2) is 6.10 Å². The van der Waals surface area contributed by atoms with Crippen molar-refractivity contribution in [1.82, 2.24) is 0 Å². The Balaban J connectivity index is 1.67. The molecule has 0 aromatic heterocycles. The minimum Gasteiger partial charge on any atom is -0.488 e. The van der Waals surface area contributed by atoms with Crippen LogP contribution in [0.5, 0.6) is 5.75 Å². The second-order valence-corrected chi connectivity index (χ2v) is 5.78. The number of amides is 1. The highest BCUT2D eigenvalue weighted by molar-refractivity contribution is 6.00. The molecule has 0 fully saturated rings. The van der Waals surface area contributed by atoms with Gasteiger partial charge < -0.3 is 14.4 Å². The van der Waals surface area contributed by atoms with E-state index in [1.54, 1.807) is 20.0 Å². The summed E-state index contributed by atoms with van der Waals surface area (Å²) in [6.45, 7) is 1.70. The first kappa shape index (κ1) is 16.8. The second kappa shape index (κ2) is 7.21. The van der Waals surface area contributed by atoms with E-state index in [1.807, 2.05) is 54.6 Å². The SMILES string of the molecule is C[C@H](OC(=O)C1=Cc2ccccc2OC1)C(=O)N(C)c1ccccc1. The maximum atomic E-state index is 12.5. The second-order valence-electron chi connectivity index (χ2n) is 5.78. The van der Waals surface area contributed by atoms with Crippen LogP contribution < -0.4 is 9.64 Å². The fourth-order valence-corrected chi connectivity index (χ4v) is 2.57. The molecule has 1 aliphatic rings. The van der Waals surface area contributed by atoms with Crippen LogP contribution in [0, 0.1) is 0 Å². The Morgan fingerprint density at radius 3 is 2.52 bits per heavy atom. The Kier molecular flexibility index (Phi) is 4.84. The summed E-state index contributed by atoms with van der Waals surface area (Å²) in [5, 5.41) is 0. The third-order valence-corrected chi connectivity index (χ3v) is 4.00. The Hall–Kier alpha value is -3.08. The van der Waals surface area contributed by atoms with Crippen LogP contribution in [-0.4, -0.2) is 31.6 Å². The first-order chi connectivity index (χ1) is 12.1. The van der Waals surface area contributed by atoms with E-state index < -0.39 is 12.1 Å². The minimum atomic E-state index is -0.893. The summed E-state index contributed by atoms with van der Waals surface area (Å²) in [7, 11) is 1.65. The summed E-state index contributed by atoms with van der Waals surface area (Å²) in [4.78, 5) is 26.3. The molecule has 0 saturated carbocycles. The summed E-state index contributed by atoms with van der Waals surface area (Å²) in [6.07, 6.45) is 0.843. The van der Waals surface area contributed by atoms with Gasteiger partial charge in [0.1, 0.15) is 12.4 Å². The van der Waals surface area contributed by atoms with E-state index in [9.17, 15) is 9.59 Å². The van der Waals surface area contributed by atoms with E-state index in [2.05, 4.69) is 0 Å². The van der Waals surface area contributed by atoms with E-state index in [1.165, 1.54) is 4.90 Å². The van der Waals surface area contributed by atoms with Crippen LogP contribution in [0.3, 0.4) is 0 Å². The van der Waals surface area contributed by atoms with Crippen LogP contribution >= 0.6 is 0 Å². The smallest absolute Gasteiger partial charge is 0.338 e. The largest absolute Gasteiger partial charge is 0.488 e. The number of rotatable bonds is 4. The molecule has 0 bridgehead atoms. The number of ether oxygens (including phenoxy) is 2. The number of carbonyl (C=O) groups excluding carboxylic acids is 2. The number of para-hydroxylation sites is 2. The maximum absolute atomic E-state index is 12.5. The summed E-state index contributed by atoms with van der Waals surface area (Å²) < 4.78 is 10.9. The van der Waals surface area contributed by atoms with Crippen LogP contribution in [0.1, 0.15) is 12.5 Å². The van der Waals surface area contributed by atoms with Crippen LogP contribution in [0.4, 0.5) is 5.69 Å². The van der Waals surface area contributed by atoms with Gasteiger partial charge in [0.25, 0.3) is 5.91 Å². The molecule has 1 atom stereocenters. The molecule has 5 heteroatoms. The maximum Gasteiger partial charge on any atom is 0.338 e. The van der Waals surface area contributed by atoms with Gasteiger partial charge in [-0.15, -0.1) is 0 Å². The Bertz CT molecular complexity index is 813. The number of hydrogen-bond donors (Lipinski definition) is 0. The molecule has 0 aliphatic carbocycles. The first-order valence-corrected chi connectivity index (χ1v) is 8.02. The van der Waals surface area contributed by atoms with Crippen LogP contribution in [0.15, 0.2) is 60.2 Å². The molecule has 0 N–H and O–H groups in total. The first-order valence-electron chi connectivity index (χ1n) is 8.02. The lowest BCUT2D eigenvalue weighted by molar-refractivity contribution is -0.150. The monoisotopic (exact) mass is 337 g/mol. The lowest BCUT2D eigenvalue weighted by Crippen LogP contribution is -2.38. The van der Waals surface area contributed by atoms with Crippen molar-refractivity contribution in [3.8, 4) is 5.75 Å². The average Bonchev–Trinajstić information content (AvgIpc) is 2.67. The highest BCUT2D eigenvalue weighted by Crippen LogP contribution is 2.26. The Labute approximate surface area is 146 Å². The fourth-order valence-electron chi connectivity index (χ4n) is 2.57. The molecule has 0 unspecified atom stereocenters. The lowest BCUT2D eigenvalue weighted by Gasteiger charge is -2.23. The van der Waals surface area contributed by atoms with E-state index in [0.29, 0.717) is 5.57 Å². The van der Waals surface area contributed by atoms with E-state index >= 15 is 0 Å². The van der Waals surface area contributed by atoms with Gasteiger partial charge in [-0.3, -0.25) is 4.79 Å². The van der Waals surface area contributed by atoms with Gasteiger partial charge in [-0.1, -0.05) is 36.4 Å². The third-order valence-electron chi connectivity index (χ3n) is 4.00. The normalized spacial score (nSPS) is 13.8. The molecular formula is C20H19NO4. The molecule has 0 spiro atoms. The van der Waals surface area contributed by atoms with Crippen molar-refractivity contribution in [3.05, 3.63) is 65.7 Å². The van der Waals surface area contributed by atoms with Crippen molar-refractivity contribution in [2.24, 2.45) is 0 Å². The number of esters is 1. The summed E-state index contributed by atoms with van der Waals surface area (Å²) in [6, 6.07) is 16.6. The molecule has 0 radical (unpaired) electrons. The zero-order chi connectivity index (χ0) is 17.8. The standard InChI is InChI=1S/C20H19NO4/c1-14(19(22)21(2)17-9-4-3-5-10-17)25-20(23)16-12-15-8-6-7-11-18(15)24-13-16/h3-12,14H,13H2,1-2H3/t14-/m0/s1. The molecule has 0 saturated heterocycles. The van der Waals surface area contributed by atoms with Crippen molar-refractivity contribution < 1.29 is 19.1 Å². The van der Waals surface area contributed by atoms with Crippen LogP contribution in [-0.2, 0) is 14.3 Å². The summed E-state index contributed by atoms with van der Waals surface area (Å²) in [5.41, 5.74) is 1.95. The molecule has 3 rings (SSSR count). The van der Waals surface area contributed by atoms with Crippen molar-refractivity contribution in [3.63, 3.8) is 0 Å². The number of benzene rings is 2. The predicted octanol–water partition coefficient (Wildman–Crippen LogP) is 3.06. The fraction of sp³-hybridized carbons (Fsp3) is 0.200. The zero-order valence-electron chi connectivity index (χ0n) is 14.1.